The highest BCUT2D eigenvalue weighted by Crippen LogP contribution is 2.22. The van der Waals surface area contributed by atoms with Crippen molar-refractivity contribution in [3.8, 4) is 5.75 Å². The van der Waals surface area contributed by atoms with Gasteiger partial charge in [0.2, 0.25) is 0 Å². The lowest BCUT2D eigenvalue weighted by Crippen LogP contribution is -2.00. The number of ether oxygens (including phenoxy) is 1. The van der Waals surface area contributed by atoms with Gasteiger partial charge in [-0.25, -0.2) is 4.39 Å². The minimum atomic E-state index is -0.323. The second-order valence-electron chi connectivity index (χ2n) is 3.41. The Morgan fingerprint density at radius 3 is 2.82 bits per heavy atom. The number of rotatable bonds is 4. The number of hydrogen-bond acceptors (Lipinski definition) is 3. The predicted molar refractivity (Wildman–Crippen MR) is 66.7 cm³/mol. The zero-order chi connectivity index (χ0) is 12.3. The summed E-state index contributed by atoms with van der Waals surface area (Å²) in [6.45, 7) is 0.412. The van der Waals surface area contributed by atoms with Crippen molar-refractivity contribution in [2.45, 2.75) is 6.54 Å². The molecule has 1 aromatic heterocycles. The van der Waals surface area contributed by atoms with Gasteiger partial charge in [-0.05, 0) is 40.2 Å². The molecular formula is C12H11BrFNO2. The van der Waals surface area contributed by atoms with Crippen LogP contribution in [0.1, 0.15) is 5.76 Å². The number of methoxy groups -OCH3 is 1. The van der Waals surface area contributed by atoms with Crippen LogP contribution in [0.2, 0.25) is 0 Å². The van der Waals surface area contributed by atoms with Crippen LogP contribution < -0.4 is 10.1 Å². The van der Waals surface area contributed by atoms with Crippen molar-refractivity contribution in [2.75, 3.05) is 12.4 Å². The van der Waals surface area contributed by atoms with Crippen LogP contribution in [0.3, 0.4) is 0 Å². The van der Waals surface area contributed by atoms with Crippen LogP contribution in [-0.2, 0) is 6.54 Å². The first-order valence-corrected chi connectivity index (χ1v) is 5.80. The molecule has 0 amide bonds. The van der Waals surface area contributed by atoms with Gasteiger partial charge in [0.15, 0.2) is 4.67 Å². The van der Waals surface area contributed by atoms with E-state index in [4.69, 9.17) is 9.15 Å². The second kappa shape index (κ2) is 5.23. The summed E-state index contributed by atoms with van der Waals surface area (Å²) in [6, 6.07) is 8.14. The molecule has 1 N–H and O–H groups in total. The molecule has 2 aromatic rings. The molecular weight excluding hydrogens is 289 g/mol. The van der Waals surface area contributed by atoms with E-state index in [0.717, 1.165) is 5.76 Å². The molecule has 1 heterocycles. The first kappa shape index (κ1) is 12.0. The molecule has 0 aliphatic carbocycles. The lowest BCUT2D eigenvalue weighted by Gasteiger charge is -2.07. The van der Waals surface area contributed by atoms with Crippen molar-refractivity contribution < 1.29 is 13.5 Å². The fraction of sp³-hybridized carbons (Fsp3) is 0.167. The zero-order valence-corrected chi connectivity index (χ0v) is 10.8. The topological polar surface area (TPSA) is 34.4 Å². The number of hydrogen-bond donors (Lipinski definition) is 1. The maximum absolute atomic E-state index is 13.5. The van der Waals surface area contributed by atoms with Gasteiger partial charge in [0.1, 0.15) is 17.3 Å². The molecule has 5 heteroatoms. The van der Waals surface area contributed by atoms with Crippen molar-refractivity contribution >= 4 is 21.6 Å². The van der Waals surface area contributed by atoms with Gasteiger partial charge in [-0.1, -0.05) is 0 Å². The summed E-state index contributed by atoms with van der Waals surface area (Å²) in [5, 5.41) is 2.95. The van der Waals surface area contributed by atoms with E-state index in [0.29, 0.717) is 22.7 Å². The predicted octanol–water partition coefficient (Wildman–Crippen LogP) is 3.80. The highest BCUT2D eigenvalue weighted by molar-refractivity contribution is 9.10. The Balaban J connectivity index is 2.07. The van der Waals surface area contributed by atoms with E-state index in [-0.39, 0.29) is 5.82 Å². The van der Waals surface area contributed by atoms with Crippen LogP contribution in [-0.4, -0.2) is 7.11 Å². The zero-order valence-electron chi connectivity index (χ0n) is 9.17. The monoisotopic (exact) mass is 299 g/mol. The van der Waals surface area contributed by atoms with E-state index in [9.17, 15) is 4.39 Å². The Morgan fingerprint density at radius 1 is 1.35 bits per heavy atom. The Kier molecular flexibility index (Phi) is 3.68. The largest absolute Gasteiger partial charge is 0.497 e. The number of halogens is 2. The molecule has 0 saturated heterocycles. The van der Waals surface area contributed by atoms with E-state index >= 15 is 0 Å². The van der Waals surface area contributed by atoms with E-state index in [1.54, 1.807) is 25.3 Å². The van der Waals surface area contributed by atoms with Gasteiger partial charge in [0.25, 0.3) is 0 Å². The molecule has 0 aliphatic rings. The van der Waals surface area contributed by atoms with Gasteiger partial charge in [-0.2, -0.15) is 0 Å². The van der Waals surface area contributed by atoms with E-state index in [1.165, 1.54) is 6.07 Å². The minimum Gasteiger partial charge on any atom is -0.497 e. The highest BCUT2D eigenvalue weighted by Gasteiger charge is 2.05. The van der Waals surface area contributed by atoms with Crippen LogP contribution >= 0.6 is 15.9 Å². The van der Waals surface area contributed by atoms with Crippen molar-refractivity contribution in [3.63, 3.8) is 0 Å². The summed E-state index contributed by atoms with van der Waals surface area (Å²) in [4.78, 5) is 0. The lowest BCUT2D eigenvalue weighted by molar-refractivity contribution is 0.414. The minimum absolute atomic E-state index is 0.323. The third kappa shape index (κ3) is 3.00. The molecule has 3 nitrogen and oxygen atoms in total. The Hall–Kier alpha value is -1.49. The summed E-state index contributed by atoms with van der Waals surface area (Å²) in [5.74, 6) is 1.00. The molecule has 1 aromatic carbocycles. The molecule has 0 aliphatic heterocycles. The van der Waals surface area contributed by atoms with Crippen molar-refractivity contribution in [3.05, 3.63) is 46.6 Å². The molecule has 0 unspecified atom stereocenters. The Labute approximate surface area is 107 Å². The average molecular weight is 300 g/mol. The second-order valence-corrected chi connectivity index (χ2v) is 4.19. The first-order valence-electron chi connectivity index (χ1n) is 5.00. The summed E-state index contributed by atoms with van der Waals surface area (Å²) in [5.41, 5.74) is 0.386. The van der Waals surface area contributed by atoms with E-state index in [2.05, 4.69) is 21.2 Å². The molecule has 0 atom stereocenters. The van der Waals surface area contributed by atoms with Gasteiger partial charge in [-0.15, -0.1) is 0 Å². The molecule has 0 spiro atoms. The molecule has 2 rings (SSSR count). The molecule has 0 radical (unpaired) electrons. The smallest absolute Gasteiger partial charge is 0.169 e. The SMILES string of the molecule is COc1ccc(F)c(NCc2ccc(Br)o2)c1. The Morgan fingerprint density at radius 2 is 2.18 bits per heavy atom. The number of benzene rings is 1. The van der Waals surface area contributed by atoms with Crippen molar-refractivity contribution in [1.29, 1.82) is 0 Å². The molecule has 0 fully saturated rings. The first-order chi connectivity index (χ1) is 8.19. The van der Waals surface area contributed by atoms with Gasteiger partial charge < -0.3 is 14.5 Å². The summed E-state index contributed by atoms with van der Waals surface area (Å²) < 4.78 is 24.4. The number of nitrogens with one attached hydrogen (secondary N) is 1. The van der Waals surface area contributed by atoms with Gasteiger partial charge in [-0.3, -0.25) is 0 Å². The lowest BCUT2D eigenvalue weighted by atomic mass is 10.3. The van der Waals surface area contributed by atoms with Gasteiger partial charge in [0.05, 0.1) is 19.3 Å². The summed E-state index contributed by atoms with van der Waals surface area (Å²) >= 11 is 3.21. The Bertz CT molecular complexity index is 513. The quantitative estimate of drug-likeness (QED) is 0.932. The van der Waals surface area contributed by atoms with Crippen LogP contribution in [0.15, 0.2) is 39.4 Å². The van der Waals surface area contributed by atoms with Crippen LogP contribution in [0.25, 0.3) is 0 Å². The molecule has 0 bridgehead atoms. The average Bonchev–Trinajstić information content (AvgIpc) is 2.74. The summed E-state index contributed by atoms with van der Waals surface area (Å²) in [6.07, 6.45) is 0. The van der Waals surface area contributed by atoms with Gasteiger partial charge >= 0.3 is 0 Å². The number of furan rings is 1. The molecule has 0 saturated carbocycles. The van der Waals surface area contributed by atoms with Crippen LogP contribution in [0, 0.1) is 5.82 Å². The van der Waals surface area contributed by atoms with Gasteiger partial charge in [0, 0.05) is 6.07 Å². The normalized spacial score (nSPS) is 10.3. The molecule has 17 heavy (non-hydrogen) atoms. The van der Waals surface area contributed by atoms with E-state index < -0.39 is 0 Å². The third-order valence-corrected chi connectivity index (χ3v) is 2.68. The maximum atomic E-state index is 13.5. The van der Waals surface area contributed by atoms with Crippen LogP contribution in [0.4, 0.5) is 10.1 Å². The third-order valence-electron chi connectivity index (χ3n) is 2.26. The van der Waals surface area contributed by atoms with Crippen molar-refractivity contribution in [1.82, 2.24) is 0 Å². The number of anilines is 1. The molecule has 90 valence electrons. The summed E-state index contributed by atoms with van der Waals surface area (Å²) in [7, 11) is 1.54. The maximum Gasteiger partial charge on any atom is 0.169 e. The van der Waals surface area contributed by atoms with Crippen molar-refractivity contribution in [2.24, 2.45) is 0 Å². The fourth-order valence-electron chi connectivity index (χ4n) is 1.40. The fourth-order valence-corrected chi connectivity index (χ4v) is 1.74. The highest BCUT2D eigenvalue weighted by atomic mass is 79.9. The van der Waals surface area contributed by atoms with E-state index in [1.807, 2.05) is 6.07 Å². The standard InChI is InChI=1S/C12H11BrFNO2/c1-16-8-2-4-10(14)11(6-8)15-7-9-3-5-12(13)17-9/h2-6,15H,7H2,1H3. The van der Waals surface area contributed by atoms with Crippen LogP contribution in [0.5, 0.6) is 5.75 Å².